The molecular weight excluding hydrogens is 321 g/mol. The Bertz CT molecular complexity index is 627. The van der Waals surface area contributed by atoms with Crippen molar-refractivity contribution in [3.63, 3.8) is 0 Å². The molecule has 0 N–H and O–H groups in total. The summed E-state index contributed by atoms with van der Waals surface area (Å²) >= 11 is 5.87. The number of hydrogen-bond donors (Lipinski definition) is 0. The maximum Gasteiger partial charge on any atom is 0.261 e. The van der Waals surface area contributed by atoms with Crippen molar-refractivity contribution >= 4 is 37.2 Å². The number of benzene rings is 1. The average molecular weight is 336 g/mol. The largest absolute Gasteiger partial charge is 0.339 e. The normalized spacial score (nSPS) is 15.2. The molecule has 1 fully saturated rings. The Labute approximate surface area is 128 Å². The Hall–Kier alpha value is -0.780. The lowest BCUT2D eigenvalue weighted by Gasteiger charge is -2.21. The molecule has 110 valence electrons. The third-order valence-corrected chi connectivity index (χ3v) is 4.80. The number of halogens is 2. The summed E-state index contributed by atoms with van der Waals surface area (Å²) in [5, 5.41) is 0.178. The number of hydrogen-bond acceptors (Lipinski definition) is 3. The molecule has 0 aliphatic heterocycles. The van der Waals surface area contributed by atoms with E-state index in [-0.39, 0.29) is 21.4 Å². The predicted octanol–water partition coefficient (Wildman–Crippen LogP) is 3.14. The van der Waals surface area contributed by atoms with Gasteiger partial charge in [0.05, 0.1) is 4.90 Å². The fourth-order valence-electron chi connectivity index (χ4n) is 1.98. The van der Waals surface area contributed by atoms with E-state index >= 15 is 0 Å². The van der Waals surface area contributed by atoms with E-state index in [1.165, 1.54) is 18.2 Å². The van der Waals surface area contributed by atoms with Crippen LogP contribution >= 0.6 is 22.3 Å². The van der Waals surface area contributed by atoms with Gasteiger partial charge in [0.2, 0.25) is 0 Å². The van der Waals surface area contributed by atoms with Crippen molar-refractivity contribution in [3.05, 3.63) is 28.8 Å². The van der Waals surface area contributed by atoms with Gasteiger partial charge in [-0.05, 0) is 43.9 Å². The fourth-order valence-corrected chi connectivity index (χ4v) is 3.08. The van der Waals surface area contributed by atoms with Crippen molar-refractivity contribution in [3.8, 4) is 0 Å². The van der Waals surface area contributed by atoms with Crippen molar-refractivity contribution < 1.29 is 13.2 Å². The molecule has 1 amide bonds. The second-order valence-corrected chi connectivity index (χ2v) is 7.90. The van der Waals surface area contributed by atoms with Crippen LogP contribution < -0.4 is 0 Å². The van der Waals surface area contributed by atoms with Gasteiger partial charge in [0.15, 0.2) is 0 Å². The van der Waals surface area contributed by atoms with Gasteiger partial charge in [-0.2, -0.15) is 0 Å². The maximum atomic E-state index is 12.4. The van der Waals surface area contributed by atoms with Gasteiger partial charge in [0.1, 0.15) is 0 Å². The molecule has 1 aliphatic rings. The van der Waals surface area contributed by atoms with Crippen LogP contribution in [0.25, 0.3) is 0 Å². The van der Waals surface area contributed by atoms with E-state index in [4.69, 9.17) is 22.3 Å². The Balaban J connectivity index is 2.30. The molecule has 1 aromatic carbocycles. The zero-order valence-electron chi connectivity index (χ0n) is 11.0. The average Bonchev–Trinajstić information content (AvgIpc) is 3.17. The van der Waals surface area contributed by atoms with E-state index in [0.717, 1.165) is 12.8 Å². The van der Waals surface area contributed by atoms with Crippen molar-refractivity contribution in [2.45, 2.75) is 24.7 Å². The molecular formula is C13H15Cl2NO3S. The molecule has 1 saturated carbocycles. The van der Waals surface area contributed by atoms with Crippen LogP contribution in [0.3, 0.4) is 0 Å². The second-order valence-electron chi connectivity index (χ2n) is 4.90. The first-order valence-corrected chi connectivity index (χ1v) is 9.04. The van der Waals surface area contributed by atoms with Crippen LogP contribution in [0.15, 0.2) is 23.1 Å². The number of carbonyl (C=O) groups excluding carboxylic acids is 1. The van der Waals surface area contributed by atoms with Gasteiger partial charge in [-0.25, -0.2) is 8.42 Å². The maximum absolute atomic E-state index is 12.4. The Morgan fingerprint density at radius 1 is 1.35 bits per heavy atom. The van der Waals surface area contributed by atoms with Crippen molar-refractivity contribution in [2.24, 2.45) is 5.92 Å². The van der Waals surface area contributed by atoms with Crippen LogP contribution in [0, 0.1) is 5.92 Å². The standard InChI is InChI=1S/C13H15Cl2NO3S/c1-2-16(8-9-3-4-9)13(17)10-5-11(14)7-12(6-10)20(15,18)19/h5-7,9H,2-4,8H2,1H3. The van der Waals surface area contributed by atoms with Gasteiger partial charge >= 0.3 is 0 Å². The van der Waals surface area contributed by atoms with Crippen molar-refractivity contribution in [1.82, 2.24) is 4.90 Å². The summed E-state index contributed by atoms with van der Waals surface area (Å²) in [5.41, 5.74) is 0.249. The molecule has 0 bridgehead atoms. The first kappa shape index (κ1) is 15.6. The Morgan fingerprint density at radius 2 is 2.00 bits per heavy atom. The van der Waals surface area contributed by atoms with Crippen LogP contribution in [0.5, 0.6) is 0 Å². The van der Waals surface area contributed by atoms with Gasteiger partial charge in [-0.3, -0.25) is 4.79 Å². The molecule has 0 unspecified atom stereocenters. The number of nitrogens with zero attached hydrogens (tertiary/aromatic N) is 1. The zero-order chi connectivity index (χ0) is 14.9. The van der Waals surface area contributed by atoms with Crippen LogP contribution in [0.4, 0.5) is 0 Å². The van der Waals surface area contributed by atoms with E-state index in [2.05, 4.69) is 0 Å². The quantitative estimate of drug-likeness (QED) is 0.776. The van der Waals surface area contributed by atoms with E-state index in [0.29, 0.717) is 19.0 Å². The molecule has 0 radical (unpaired) electrons. The van der Waals surface area contributed by atoms with Gasteiger partial charge < -0.3 is 4.90 Å². The molecule has 0 aromatic heterocycles. The summed E-state index contributed by atoms with van der Waals surface area (Å²) in [5.74, 6) is 0.345. The lowest BCUT2D eigenvalue weighted by molar-refractivity contribution is 0.0756. The van der Waals surface area contributed by atoms with E-state index in [9.17, 15) is 13.2 Å². The molecule has 0 spiro atoms. The zero-order valence-corrected chi connectivity index (χ0v) is 13.3. The van der Waals surface area contributed by atoms with E-state index < -0.39 is 9.05 Å². The van der Waals surface area contributed by atoms with Gasteiger partial charge in [-0.15, -0.1) is 0 Å². The first-order valence-electron chi connectivity index (χ1n) is 6.35. The van der Waals surface area contributed by atoms with Gasteiger partial charge in [0, 0.05) is 34.4 Å². The first-order chi connectivity index (χ1) is 9.31. The Kier molecular flexibility index (Phi) is 4.62. The van der Waals surface area contributed by atoms with E-state index in [1.54, 1.807) is 4.90 Å². The SMILES string of the molecule is CCN(CC1CC1)C(=O)c1cc(Cl)cc(S(=O)(=O)Cl)c1. The van der Waals surface area contributed by atoms with Gasteiger partial charge in [-0.1, -0.05) is 11.6 Å². The van der Waals surface area contributed by atoms with Crippen LogP contribution in [-0.2, 0) is 9.05 Å². The summed E-state index contributed by atoms with van der Waals surface area (Å²) in [7, 11) is 1.40. The minimum Gasteiger partial charge on any atom is -0.339 e. The molecule has 1 aromatic rings. The highest BCUT2D eigenvalue weighted by atomic mass is 35.7. The highest BCUT2D eigenvalue weighted by molar-refractivity contribution is 8.13. The van der Waals surface area contributed by atoms with Gasteiger partial charge in [0.25, 0.3) is 15.0 Å². The number of amides is 1. The van der Waals surface area contributed by atoms with Crippen LogP contribution in [0.1, 0.15) is 30.1 Å². The molecule has 2 rings (SSSR count). The highest BCUT2D eigenvalue weighted by Gasteiger charge is 2.27. The van der Waals surface area contributed by atoms with Crippen molar-refractivity contribution in [1.29, 1.82) is 0 Å². The molecule has 20 heavy (non-hydrogen) atoms. The van der Waals surface area contributed by atoms with Crippen molar-refractivity contribution in [2.75, 3.05) is 13.1 Å². The lowest BCUT2D eigenvalue weighted by atomic mass is 10.2. The van der Waals surface area contributed by atoms with Crippen LogP contribution in [-0.4, -0.2) is 32.3 Å². The summed E-state index contributed by atoms with van der Waals surface area (Å²) in [4.78, 5) is 13.9. The smallest absolute Gasteiger partial charge is 0.261 e. The van der Waals surface area contributed by atoms with E-state index in [1.807, 2.05) is 6.92 Å². The molecule has 0 atom stereocenters. The molecule has 0 heterocycles. The Morgan fingerprint density at radius 3 is 2.50 bits per heavy atom. The summed E-state index contributed by atoms with van der Waals surface area (Å²) in [6.45, 7) is 3.17. The monoisotopic (exact) mass is 335 g/mol. The number of carbonyl (C=O) groups is 1. The predicted molar refractivity (Wildman–Crippen MR) is 78.8 cm³/mol. The summed E-state index contributed by atoms with van der Waals surface area (Å²) in [6.07, 6.45) is 2.28. The molecule has 4 nitrogen and oxygen atoms in total. The third kappa shape index (κ3) is 3.87. The highest BCUT2D eigenvalue weighted by Crippen LogP contribution is 2.30. The minimum absolute atomic E-state index is 0.155. The second kappa shape index (κ2) is 5.92. The lowest BCUT2D eigenvalue weighted by Crippen LogP contribution is -2.32. The molecule has 1 aliphatic carbocycles. The topological polar surface area (TPSA) is 54.5 Å². The van der Waals surface area contributed by atoms with Crippen LogP contribution in [0.2, 0.25) is 5.02 Å². The summed E-state index contributed by atoms with van der Waals surface area (Å²) in [6, 6.07) is 3.97. The third-order valence-electron chi connectivity index (χ3n) is 3.24. The summed E-state index contributed by atoms with van der Waals surface area (Å²) < 4.78 is 22.7. The minimum atomic E-state index is -3.91. The number of rotatable bonds is 5. The molecule has 0 saturated heterocycles. The molecule has 7 heteroatoms. The fraction of sp³-hybridized carbons (Fsp3) is 0.462.